The zero-order valence-corrected chi connectivity index (χ0v) is 7.73. The van der Waals surface area contributed by atoms with E-state index in [2.05, 4.69) is 0 Å². The SMILES string of the molecule is COCC(O)CN1CCCOC1=O. The molecule has 1 aliphatic rings. The fourth-order valence-electron chi connectivity index (χ4n) is 1.26. The van der Waals surface area contributed by atoms with Crippen molar-refractivity contribution < 1.29 is 19.4 Å². The highest BCUT2D eigenvalue weighted by Gasteiger charge is 2.21. The molecule has 0 aromatic rings. The van der Waals surface area contributed by atoms with Crippen molar-refractivity contribution in [3.8, 4) is 0 Å². The largest absolute Gasteiger partial charge is 0.449 e. The van der Waals surface area contributed by atoms with E-state index in [4.69, 9.17) is 9.47 Å². The molecule has 0 aliphatic carbocycles. The van der Waals surface area contributed by atoms with Crippen LogP contribution in [0.1, 0.15) is 6.42 Å². The fourth-order valence-corrected chi connectivity index (χ4v) is 1.26. The topological polar surface area (TPSA) is 59.0 Å². The molecule has 0 radical (unpaired) electrons. The first-order chi connectivity index (χ1) is 6.24. The van der Waals surface area contributed by atoms with Crippen molar-refractivity contribution >= 4 is 6.09 Å². The molecule has 1 rings (SSSR count). The van der Waals surface area contributed by atoms with E-state index in [9.17, 15) is 9.90 Å². The summed E-state index contributed by atoms with van der Waals surface area (Å²) in [5.74, 6) is 0. The Labute approximate surface area is 77.2 Å². The van der Waals surface area contributed by atoms with Crippen LogP contribution in [0.4, 0.5) is 4.79 Å². The predicted molar refractivity (Wildman–Crippen MR) is 45.4 cm³/mol. The molecule has 0 spiro atoms. The third-order valence-electron chi connectivity index (χ3n) is 1.85. The summed E-state index contributed by atoms with van der Waals surface area (Å²) in [6.45, 7) is 1.66. The maximum atomic E-state index is 11.1. The van der Waals surface area contributed by atoms with Crippen LogP contribution in [0.5, 0.6) is 0 Å². The number of hydrogen-bond donors (Lipinski definition) is 1. The Morgan fingerprint density at radius 1 is 1.77 bits per heavy atom. The van der Waals surface area contributed by atoms with Gasteiger partial charge in [0.05, 0.1) is 25.9 Å². The molecule has 1 aliphatic heterocycles. The van der Waals surface area contributed by atoms with Crippen molar-refractivity contribution in [1.29, 1.82) is 0 Å². The smallest absolute Gasteiger partial charge is 0.409 e. The molecule has 1 heterocycles. The van der Waals surface area contributed by atoms with Crippen LogP contribution in [0.3, 0.4) is 0 Å². The van der Waals surface area contributed by atoms with Gasteiger partial charge in [-0.05, 0) is 6.42 Å². The second-order valence-electron chi connectivity index (χ2n) is 3.02. The number of nitrogens with zero attached hydrogens (tertiary/aromatic N) is 1. The first-order valence-corrected chi connectivity index (χ1v) is 4.32. The minimum absolute atomic E-state index is 0.240. The van der Waals surface area contributed by atoms with Crippen molar-refractivity contribution in [2.75, 3.05) is 33.4 Å². The number of aliphatic hydroxyl groups is 1. The van der Waals surface area contributed by atoms with Crippen molar-refractivity contribution in [3.05, 3.63) is 0 Å². The Bertz CT molecular complexity index is 174. The molecule has 1 N–H and O–H groups in total. The summed E-state index contributed by atoms with van der Waals surface area (Å²) < 4.78 is 9.56. The standard InChI is InChI=1S/C8H15NO4/c1-12-6-7(10)5-9-3-2-4-13-8(9)11/h7,10H,2-6H2,1H3. The maximum Gasteiger partial charge on any atom is 0.409 e. The van der Waals surface area contributed by atoms with Gasteiger partial charge in [-0.1, -0.05) is 0 Å². The highest BCUT2D eigenvalue weighted by molar-refractivity contribution is 5.68. The third kappa shape index (κ3) is 3.20. The highest BCUT2D eigenvalue weighted by Crippen LogP contribution is 2.05. The second kappa shape index (κ2) is 5.04. The van der Waals surface area contributed by atoms with Gasteiger partial charge in [0.2, 0.25) is 0 Å². The van der Waals surface area contributed by atoms with E-state index in [0.29, 0.717) is 13.2 Å². The molecular formula is C8H15NO4. The number of β-amino-alcohol motifs (C(OH)–C–C–N with tert-alkyl or cyclic N) is 1. The Kier molecular flexibility index (Phi) is 3.98. The number of methoxy groups -OCH3 is 1. The van der Waals surface area contributed by atoms with Crippen LogP contribution in [0, 0.1) is 0 Å². The van der Waals surface area contributed by atoms with Crippen LogP contribution >= 0.6 is 0 Å². The molecule has 1 amide bonds. The Hall–Kier alpha value is -0.810. The van der Waals surface area contributed by atoms with Crippen LogP contribution in [0.15, 0.2) is 0 Å². The quantitative estimate of drug-likeness (QED) is 0.667. The molecule has 13 heavy (non-hydrogen) atoms. The number of cyclic esters (lactones) is 1. The number of carbonyl (C=O) groups is 1. The maximum absolute atomic E-state index is 11.1. The van der Waals surface area contributed by atoms with Crippen molar-refractivity contribution in [3.63, 3.8) is 0 Å². The summed E-state index contributed by atoms with van der Waals surface area (Å²) in [6.07, 6.45) is -0.150. The summed E-state index contributed by atoms with van der Waals surface area (Å²) >= 11 is 0. The lowest BCUT2D eigenvalue weighted by Crippen LogP contribution is -2.43. The van der Waals surface area contributed by atoms with Crippen molar-refractivity contribution in [2.24, 2.45) is 0 Å². The van der Waals surface area contributed by atoms with Crippen LogP contribution < -0.4 is 0 Å². The highest BCUT2D eigenvalue weighted by atomic mass is 16.6. The summed E-state index contributed by atoms with van der Waals surface area (Å²) in [5.41, 5.74) is 0. The van der Waals surface area contributed by atoms with Gasteiger partial charge in [-0.25, -0.2) is 4.79 Å². The molecular weight excluding hydrogens is 174 g/mol. The van der Waals surface area contributed by atoms with Crippen LogP contribution in [-0.2, 0) is 9.47 Å². The van der Waals surface area contributed by atoms with Gasteiger partial charge in [-0.15, -0.1) is 0 Å². The Morgan fingerprint density at radius 3 is 3.15 bits per heavy atom. The van der Waals surface area contributed by atoms with Crippen molar-refractivity contribution in [1.82, 2.24) is 4.90 Å². The third-order valence-corrected chi connectivity index (χ3v) is 1.85. The lowest BCUT2D eigenvalue weighted by atomic mass is 10.3. The minimum atomic E-state index is -0.629. The molecule has 5 nitrogen and oxygen atoms in total. The number of carbonyl (C=O) groups excluding carboxylic acids is 1. The van der Waals surface area contributed by atoms with Gasteiger partial charge in [0.15, 0.2) is 0 Å². The monoisotopic (exact) mass is 189 g/mol. The second-order valence-corrected chi connectivity index (χ2v) is 3.02. The molecule has 0 bridgehead atoms. The number of ether oxygens (including phenoxy) is 2. The van der Waals surface area contributed by atoms with E-state index in [-0.39, 0.29) is 19.2 Å². The number of aliphatic hydroxyl groups excluding tert-OH is 1. The normalized spacial score (nSPS) is 19.8. The van der Waals surface area contributed by atoms with Gasteiger partial charge in [0.1, 0.15) is 0 Å². The minimum Gasteiger partial charge on any atom is -0.449 e. The molecule has 5 heteroatoms. The first kappa shape index (κ1) is 10.3. The van der Waals surface area contributed by atoms with Crippen LogP contribution in [-0.4, -0.2) is 55.6 Å². The zero-order valence-electron chi connectivity index (χ0n) is 7.73. The van der Waals surface area contributed by atoms with Crippen LogP contribution in [0.25, 0.3) is 0 Å². The molecule has 1 unspecified atom stereocenters. The first-order valence-electron chi connectivity index (χ1n) is 4.32. The van der Waals surface area contributed by atoms with Gasteiger partial charge in [-0.2, -0.15) is 0 Å². The number of rotatable bonds is 4. The average molecular weight is 189 g/mol. The summed E-state index contributed by atoms with van der Waals surface area (Å²) in [6, 6.07) is 0. The molecule has 1 saturated heterocycles. The lowest BCUT2D eigenvalue weighted by Gasteiger charge is -2.27. The Balaban J connectivity index is 2.29. The summed E-state index contributed by atoms with van der Waals surface area (Å²) in [7, 11) is 1.51. The van der Waals surface area contributed by atoms with E-state index in [1.54, 1.807) is 0 Å². The molecule has 1 fully saturated rings. The van der Waals surface area contributed by atoms with Crippen LogP contribution in [0.2, 0.25) is 0 Å². The summed E-state index contributed by atoms with van der Waals surface area (Å²) in [5, 5.41) is 9.34. The van der Waals surface area contributed by atoms with Gasteiger partial charge in [0.25, 0.3) is 0 Å². The molecule has 0 saturated carbocycles. The van der Waals surface area contributed by atoms with E-state index in [0.717, 1.165) is 6.42 Å². The van der Waals surface area contributed by atoms with E-state index in [1.807, 2.05) is 0 Å². The fraction of sp³-hybridized carbons (Fsp3) is 0.875. The summed E-state index contributed by atoms with van der Waals surface area (Å²) in [4.78, 5) is 12.6. The average Bonchev–Trinajstić information content (AvgIpc) is 2.09. The van der Waals surface area contributed by atoms with E-state index in [1.165, 1.54) is 12.0 Å². The zero-order chi connectivity index (χ0) is 9.68. The molecule has 0 aromatic carbocycles. The number of amides is 1. The molecule has 0 aromatic heterocycles. The lowest BCUT2D eigenvalue weighted by molar-refractivity contribution is 0.0185. The van der Waals surface area contributed by atoms with E-state index >= 15 is 0 Å². The number of hydrogen-bond acceptors (Lipinski definition) is 4. The molecule has 76 valence electrons. The van der Waals surface area contributed by atoms with Gasteiger partial charge in [-0.3, -0.25) is 0 Å². The predicted octanol–water partition coefficient (Wildman–Crippen LogP) is -0.164. The van der Waals surface area contributed by atoms with Gasteiger partial charge < -0.3 is 19.5 Å². The van der Waals surface area contributed by atoms with Gasteiger partial charge >= 0.3 is 6.09 Å². The van der Waals surface area contributed by atoms with E-state index < -0.39 is 6.10 Å². The molecule has 1 atom stereocenters. The van der Waals surface area contributed by atoms with Crippen molar-refractivity contribution in [2.45, 2.75) is 12.5 Å². The Morgan fingerprint density at radius 2 is 2.54 bits per heavy atom. The van der Waals surface area contributed by atoms with Gasteiger partial charge in [0, 0.05) is 13.7 Å².